The number of hydrogen-bond donors (Lipinski definition) is 2. The van der Waals surface area contributed by atoms with Gasteiger partial charge in [0.2, 0.25) is 0 Å². The van der Waals surface area contributed by atoms with Crippen molar-refractivity contribution in [2.24, 2.45) is 4.99 Å². The lowest BCUT2D eigenvalue weighted by atomic mass is 10.1. The van der Waals surface area contributed by atoms with Gasteiger partial charge in [0.15, 0.2) is 5.96 Å². The van der Waals surface area contributed by atoms with E-state index < -0.39 is 0 Å². The lowest BCUT2D eigenvalue weighted by molar-refractivity contribution is 0.184. The molecule has 0 fully saturated rings. The Labute approximate surface area is 116 Å². The molecule has 0 heterocycles. The van der Waals surface area contributed by atoms with E-state index >= 15 is 0 Å². The smallest absolute Gasteiger partial charge is 0.191 e. The van der Waals surface area contributed by atoms with E-state index in [-0.39, 0.29) is 0 Å². The number of ether oxygens (including phenoxy) is 1. The number of benzene rings is 1. The van der Waals surface area contributed by atoms with E-state index in [1.54, 1.807) is 7.11 Å². The summed E-state index contributed by atoms with van der Waals surface area (Å²) in [6.07, 6.45) is 0. The predicted octanol–water partition coefficient (Wildman–Crippen LogP) is 2.30. The van der Waals surface area contributed by atoms with Gasteiger partial charge in [0, 0.05) is 19.7 Å². The maximum absolute atomic E-state index is 5.21. The number of aliphatic imine (C=N–C) groups is 1. The molecule has 0 unspecified atom stereocenters. The van der Waals surface area contributed by atoms with E-state index in [2.05, 4.69) is 48.5 Å². The molecular formula is C15H25N3O. The molecule has 1 rings (SSSR count). The molecule has 0 saturated carbocycles. The molecular weight excluding hydrogens is 238 g/mol. The Hall–Kier alpha value is -1.55. The van der Waals surface area contributed by atoms with Crippen molar-refractivity contribution in [2.75, 3.05) is 13.7 Å². The third-order valence-electron chi connectivity index (χ3n) is 2.60. The van der Waals surface area contributed by atoms with Crippen molar-refractivity contribution < 1.29 is 4.74 Å². The topological polar surface area (TPSA) is 45.7 Å². The molecule has 1 aromatic rings. The van der Waals surface area contributed by atoms with Crippen LogP contribution in [-0.2, 0) is 17.9 Å². The van der Waals surface area contributed by atoms with Crippen LogP contribution < -0.4 is 10.6 Å². The van der Waals surface area contributed by atoms with Crippen LogP contribution in [0.3, 0.4) is 0 Å². The van der Waals surface area contributed by atoms with E-state index in [9.17, 15) is 0 Å². The van der Waals surface area contributed by atoms with E-state index in [1.807, 2.05) is 12.1 Å². The van der Waals surface area contributed by atoms with Gasteiger partial charge in [-0.05, 0) is 31.9 Å². The van der Waals surface area contributed by atoms with Crippen LogP contribution in [0.25, 0.3) is 0 Å². The van der Waals surface area contributed by atoms with Crippen molar-refractivity contribution in [1.82, 2.24) is 10.6 Å². The van der Waals surface area contributed by atoms with Gasteiger partial charge in [0.1, 0.15) is 0 Å². The third-order valence-corrected chi connectivity index (χ3v) is 2.60. The molecule has 0 aliphatic rings. The van der Waals surface area contributed by atoms with Gasteiger partial charge in [0.05, 0.1) is 13.2 Å². The van der Waals surface area contributed by atoms with Gasteiger partial charge in [-0.25, -0.2) is 4.99 Å². The number of nitrogens with one attached hydrogen (secondary N) is 2. The minimum atomic E-state index is 0.368. The third kappa shape index (κ3) is 5.75. The Balaban J connectivity index is 2.75. The molecule has 19 heavy (non-hydrogen) atoms. The molecule has 0 bridgehead atoms. The first-order valence-electron chi connectivity index (χ1n) is 6.78. The Kier molecular flexibility index (Phi) is 6.97. The first-order valence-corrected chi connectivity index (χ1v) is 6.78. The minimum absolute atomic E-state index is 0.368. The zero-order chi connectivity index (χ0) is 14.1. The summed E-state index contributed by atoms with van der Waals surface area (Å²) in [4.78, 5) is 4.61. The summed E-state index contributed by atoms with van der Waals surface area (Å²) in [6.45, 7) is 8.41. The second-order valence-electron chi connectivity index (χ2n) is 4.70. The fraction of sp³-hybridized carbons (Fsp3) is 0.533. The number of guanidine groups is 1. The van der Waals surface area contributed by atoms with E-state index in [0.717, 1.165) is 12.5 Å². The standard InChI is InChI=1S/C15H25N3O/c1-5-16-15(18-12(2)3)17-10-13-8-6-7-9-14(13)11-19-4/h6-9,12H,5,10-11H2,1-4H3,(H2,16,17,18). The highest BCUT2D eigenvalue weighted by Crippen LogP contribution is 2.11. The number of hydrogen-bond acceptors (Lipinski definition) is 2. The molecule has 4 nitrogen and oxygen atoms in total. The van der Waals surface area contributed by atoms with Crippen LogP contribution in [-0.4, -0.2) is 25.7 Å². The molecule has 0 aliphatic heterocycles. The lowest BCUT2D eigenvalue weighted by Gasteiger charge is -2.14. The van der Waals surface area contributed by atoms with Gasteiger partial charge in [0.25, 0.3) is 0 Å². The highest BCUT2D eigenvalue weighted by molar-refractivity contribution is 5.80. The Morgan fingerprint density at radius 3 is 2.53 bits per heavy atom. The fourth-order valence-electron chi connectivity index (χ4n) is 1.77. The minimum Gasteiger partial charge on any atom is -0.380 e. The molecule has 0 atom stereocenters. The summed E-state index contributed by atoms with van der Waals surface area (Å²) in [5.74, 6) is 0.852. The maximum Gasteiger partial charge on any atom is 0.191 e. The van der Waals surface area contributed by atoms with E-state index in [1.165, 1.54) is 11.1 Å². The molecule has 0 amide bonds. The van der Waals surface area contributed by atoms with Crippen molar-refractivity contribution in [2.45, 2.75) is 40.0 Å². The Morgan fingerprint density at radius 2 is 1.95 bits per heavy atom. The highest BCUT2D eigenvalue weighted by atomic mass is 16.5. The summed E-state index contributed by atoms with van der Waals surface area (Å²) in [7, 11) is 1.71. The summed E-state index contributed by atoms with van der Waals surface area (Å²) in [5.41, 5.74) is 2.39. The molecule has 0 saturated heterocycles. The van der Waals surface area contributed by atoms with Crippen molar-refractivity contribution >= 4 is 5.96 Å². The van der Waals surface area contributed by atoms with Gasteiger partial charge < -0.3 is 15.4 Å². The van der Waals surface area contributed by atoms with Crippen LogP contribution in [0.5, 0.6) is 0 Å². The molecule has 2 N–H and O–H groups in total. The number of methoxy groups -OCH3 is 1. The molecule has 106 valence electrons. The molecule has 0 aliphatic carbocycles. The van der Waals surface area contributed by atoms with E-state index in [0.29, 0.717) is 19.2 Å². The average Bonchev–Trinajstić information content (AvgIpc) is 2.37. The van der Waals surface area contributed by atoms with Gasteiger partial charge in [-0.2, -0.15) is 0 Å². The molecule has 1 aromatic carbocycles. The summed E-state index contributed by atoms with van der Waals surface area (Å²) >= 11 is 0. The summed E-state index contributed by atoms with van der Waals surface area (Å²) in [6, 6.07) is 8.60. The summed E-state index contributed by atoms with van der Waals surface area (Å²) < 4.78 is 5.21. The average molecular weight is 263 g/mol. The van der Waals surface area contributed by atoms with Gasteiger partial charge in [-0.15, -0.1) is 0 Å². The molecule has 4 heteroatoms. The van der Waals surface area contributed by atoms with Crippen LogP contribution in [0.1, 0.15) is 31.9 Å². The van der Waals surface area contributed by atoms with Crippen LogP contribution in [0.4, 0.5) is 0 Å². The van der Waals surface area contributed by atoms with Crippen LogP contribution in [0.2, 0.25) is 0 Å². The van der Waals surface area contributed by atoms with E-state index in [4.69, 9.17) is 4.74 Å². The fourth-order valence-corrected chi connectivity index (χ4v) is 1.77. The van der Waals surface area contributed by atoms with Gasteiger partial charge in [-0.1, -0.05) is 24.3 Å². The van der Waals surface area contributed by atoms with Crippen molar-refractivity contribution in [1.29, 1.82) is 0 Å². The lowest BCUT2D eigenvalue weighted by Crippen LogP contribution is -2.41. The zero-order valence-electron chi connectivity index (χ0n) is 12.4. The van der Waals surface area contributed by atoms with Crippen LogP contribution in [0, 0.1) is 0 Å². The van der Waals surface area contributed by atoms with Crippen molar-refractivity contribution in [3.05, 3.63) is 35.4 Å². The van der Waals surface area contributed by atoms with Crippen LogP contribution >= 0.6 is 0 Å². The predicted molar refractivity (Wildman–Crippen MR) is 80.2 cm³/mol. The number of nitrogens with zero attached hydrogens (tertiary/aromatic N) is 1. The normalized spacial score (nSPS) is 11.7. The Morgan fingerprint density at radius 1 is 1.26 bits per heavy atom. The molecule has 0 aromatic heterocycles. The zero-order valence-corrected chi connectivity index (χ0v) is 12.4. The first kappa shape index (κ1) is 15.5. The molecule has 0 spiro atoms. The second-order valence-corrected chi connectivity index (χ2v) is 4.70. The van der Waals surface area contributed by atoms with Crippen molar-refractivity contribution in [3.63, 3.8) is 0 Å². The van der Waals surface area contributed by atoms with Gasteiger partial charge >= 0.3 is 0 Å². The maximum atomic E-state index is 5.21. The van der Waals surface area contributed by atoms with Gasteiger partial charge in [-0.3, -0.25) is 0 Å². The monoisotopic (exact) mass is 263 g/mol. The quantitative estimate of drug-likeness (QED) is 0.611. The summed E-state index contributed by atoms with van der Waals surface area (Å²) in [5, 5.41) is 6.55. The molecule has 0 radical (unpaired) electrons. The van der Waals surface area contributed by atoms with Crippen LogP contribution in [0.15, 0.2) is 29.3 Å². The van der Waals surface area contributed by atoms with Crippen molar-refractivity contribution in [3.8, 4) is 0 Å². The SMILES string of the molecule is CCNC(=NCc1ccccc1COC)NC(C)C. The largest absolute Gasteiger partial charge is 0.380 e. The number of rotatable bonds is 6. The second kappa shape index (κ2) is 8.53. The first-order chi connectivity index (χ1) is 9.17. The Bertz CT molecular complexity index is 402. The highest BCUT2D eigenvalue weighted by Gasteiger charge is 2.03.